The Bertz CT molecular complexity index is 1090. The van der Waals surface area contributed by atoms with Crippen molar-refractivity contribution in [2.45, 2.75) is 26.9 Å². The van der Waals surface area contributed by atoms with Crippen LogP contribution in [-0.4, -0.2) is 70.5 Å². The molecule has 1 amide bonds. The number of aliphatic imine (C=N–C) groups is 1. The number of aryl methyl sites for hydroxylation is 1. The molecule has 0 fully saturated rings. The monoisotopic (exact) mass is 463 g/mol. The molecule has 4 rings (SSSR count). The lowest BCUT2D eigenvalue weighted by Gasteiger charge is -2.20. The van der Waals surface area contributed by atoms with E-state index < -0.39 is 0 Å². The first kappa shape index (κ1) is 26.6. The first-order valence-electron chi connectivity index (χ1n) is 11.1. The highest BCUT2D eigenvalue weighted by molar-refractivity contribution is 6.03. The van der Waals surface area contributed by atoms with Crippen LogP contribution in [0.25, 0.3) is 11.5 Å². The fourth-order valence-corrected chi connectivity index (χ4v) is 2.88. The third kappa shape index (κ3) is 7.43. The summed E-state index contributed by atoms with van der Waals surface area (Å²) < 4.78 is 5.21. The molecule has 0 aliphatic carbocycles. The Labute approximate surface area is 201 Å². The largest absolute Gasteiger partial charge is 0.421 e. The van der Waals surface area contributed by atoms with Gasteiger partial charge in [0.15, 0.2) is 0 Å². The minimum atomic E-state index is -0.120. The second-order valence-electron chi connectivity index (χ2n) is 7.47. The summed E-state index contributed by atoms with van der Waals surface area (Å²) in [5.41, 5.74) is 9.40. The zero-order valence-electron chi connectivity index (χ0n) is 20.6. The Morgan fingerprint density at radius 1 is 1.12 bits per heavy atom. The van der Waals surface area contributed by atoms with Gasteiger partial charge >= 0.3 is 0 Å². The number of benzene rings is 1. The Kier molecular flexibility index (Phi) is 10.3. The van der Waals surface area contributed by atoms with Gasteiger partial charge in [-0.15, -0.1) is 10.2 Å². The van der Waals surface area contributed by atoms with Crippen LogP contribution in [0.15, 0.2) is 70.5 Å². The molecule has 0 saturated carbocycles. The molecule has 3 heterocycles. The van der Waals surface area contributed by atoms with Gasteiger partial charge in [0.1, 0.15) is 0 Å². The number of nitrogens with two attached hydrogens (primary N) is 1. The minimum absolute atomic E-state index is 0.00149. The van der Waals surface area contributed by atoms with E-state index in [4.69, 9.17) is 10.2 Å². The van der Waals surface area contributed by atoms with Crippen molar-refractivity contribution in [2.75, 3.05) is 27.7 Å². The number of amides is 1. The van der Waals surface area contributed by atoms with Gasteiger partial charge in [-0.05, 0) is 43.0 Å². The van der Waals surface area contributed by atoms with Crippen molar-refractivity contribution in [2.24, 2.45) is 10.7 Å². The van der Waals surface area contributed by atoms with E-state index in [1.54, 1.807) is 44.5 Å². The van der Waals surface area contributed by atoms with Crippen LogP contribution in [0, 0.1) is 6.92 Å². The molecule has 9 nitrogen and oxygen atoms in total. The molecule has 1 aliphatic rings. The Morgan fingerprint density at radius 2 is 1.82 bits per heavy atom. The standard InChI is InChI=1S/C15H20N4O.C8H7N3O.C2H6/c1-18(2)15(20)12-6-4-11(5-7-12)13-10-19(3)14(16)8-9-17-13;1-6-10-11-8(12-6)7-3-2-4-9-5-7;1-2/h4-9,14H,10,16H2,1-3H3;2-5H,1H3;1-2H3. The zero-order chi connectivity index (χ0) is 25.1. The lowest BCUT2D eigenvalue weighted by molar-refractivity contribution is 0.0827. The topological polar surface area (TPSA) is 114 Å². The molecule has 1 aromatic carbocycles. The molecule has 1 aliphatic heterocycles. The molecule has 2 aromatic heterocycles. The van der Waals surface area contributed by atoms with Crippen molar-refractivity contribution in [3.8, 4) is 11.5 Å². The quantitative estimate of drug-likeness (QED) is 0.633. The molecule has 0 spiro atoms. The summed E-state index contributed by atoms with van der Waals surface area (Å²) in [5.74, 6) is 1.08. The highest BCUT2D eigenvalue weighted by atomic mass is 16.4. The summed E-state index contributed by atoms with van der Waals surface area (Å²) in [5, 5.41) is 7.58. The van der Waals surface area contributed by atoms with Crippen molar-refractivity contribution in [1.82, 2.24) is 25.0 Å². The van der Waals surface area contributed by atoms with E-state index in [9.17, 15) is 4.79 Å². The maximum absolute atomic E-state index is 11.8. The predicted molar refractivity (Wildman–Crippen MR) is 134 cm³/mol. The average Bonchev–Trinajstić information content (AvgIpc) is 3.23. The van der Waals surface area contributed by atoms with Crippen molar-refractivity contribution < 1.29 is 9.21 Å². The van der Waals surface area contributed by atoms with Crippen LogP contribution < -0.4 is 5.73 Å². The molecule has 180 valence electrons. The smallest absolute Gasteiger partial charge is 0.253 e. The van der Waals surface area contributed by atoms with E-state index in [1.165, 1.54) is 0 Å². The normalized spacial score (nSPS) is 15.1. The zero-order valence-corrected chi connectivity index (χ0v) is 20.6. The number of hydrogen-bond donors (Lipinski definition) is 1. The third-order valence-electron chi connectivity index (χ3n) is 4.73. The van der Waals surface area contributed by atoms with Gasteiger partial charge in [0.2, 0.25) is 11.8 Å². The molecular weight excluding hydrogens is 430 g/mol. The van der Waals surface area contributed by atoms with E-state index in [1.807, 2.05) is 68.3 Å². The molecule has 1 atom stereocenters. The number of nitrogens with zero attached hydrogens (tertiary/aromatic N) is 6. The summed E-state index contributed by atoms with van der Waals surface area (Å²) in [6, 6.07) is 11.2. The molecule has 0 radical (unpaired) electrons. The summed E-state index contributed by atoms with van der Waals surface area (Å²) in [7, 11) is 5.44. The molecule has 0 saturated heterocycles. The fraction of sp³-hybridized carbons (Fsp3) is 0.320. The number of carbonyl (C=O) groups is 1. The van der Waals surface area contributed by atoms with E-state index >= 15 is 0 Å². The molecule has 9 heteroatoms. The predicted octanol–water partition coefficient (Wildman–Crippen LogP) is 3.39. The van der Waals surface area contributed by atoms with Gasteiger partial charge in [0.05, 0.1) is 17.4 Å². The Hall–Kier alpha value is -3.69. The second-order valence-corrected chi connectivity index (χ2v) is 7.47. The number of carbonyl (C=O) groups excluding carboxylic acids is 1. The second kappa shape index (κ2) is 13.1. The Morgan fingerprint density at radius 3 is 2.38 bits per heavy atom. The molecule has 0 bridgehead atoms. The van der Waals surface area contributed by atoms with E-state index in [0.717, 1.165) is 16.8 Å². The summed E-state index contributed by atoms with van der Waals surface area (Å²) in [6.45, 7) is 6.43. The lowest BCUT2D eigenvalue weighted by atomic mass is 10.1. The molecule has 3 aromatic rings. The van der Waals surface area contributed by atoms with Gasteiger partial charge < -0.3 is 15.1 Å². The highest BCUT2D eigenvalue weighted by Gasteiger charge is 2.15. The number of rotatable bonds is 3. The summed E-state index contributed by atoms with van der Waals surface area (Å²) in [6.07, 6.45) is 6.87. The van der Waals surface area contributed by atoms with Crippen LogP contribution in [0.3, 0.4) is 0 Å². The van der Waals surface area contributed by atoms with Crippen molar-refractivity contribution in [3.63, 3.8) is 0 Å². The maximum Gasteiger partial charge on any atom is 0.253 e. The average molecular weight is 464 g/mol. The molecular formula is C25H33N7O2. The minimum Gasteiger partial charge on any atom is -0.421 e. The fourth-order valence-electron chi connectivity index (χ4n) is 2.88. The van der Waals surface area contributed by atoms with Crippen LogP contribution in [0.5, 0.6) is 0 Å². The highest BCUT2D eigenvalue weighted by Crippen LogP contribution is 2.15. The maximum atomic E-state index is 11.8. The SMILES string of the molecule is CC.CN(C)C(=O)c1ccc(C2=NC=CC(N)N(C)C2)cc1.Cc1nnc(-c2cccnc2)o1. The molecule has 1 unspecified atom stereocenters. The van der Waals surface area contributed by atoms with Crippen molar-refractivity contribution >= 4 is 11.6 Å². The molecule has 34 heavy (non-hydrogen) atoms. The van der Waals surface area contributed by atoms with Crippen LogP contribution >= 0.6 is 0 Å². The number of aromatic nitrogens is 3. The molecule has 2 N–H and O–H groups in total. The van der Waals surface area contributed by atoms with Crippen LogP contribution in [0.1, 0.15) is 35.7 Å². The van der Waals surface area contributed by atoms with Crippen LogP contribution in [-0.2, 0) is 0 Å². The summed E-state index contributed by atoms with van der Waals surface area (Å²) in [4.78, 5) is 23.8. The van der Waals surface area contributed by atoms with Crippen LogP contribution in [0.4, 0.5) is 0 Å². The van der Waals surface area contributed by atoms with Gasteiger partial charge in [0, 0.05) is 51.7 Å². The third-order valence-corrected chi connectivity index (χ3v) is 4.73. The van der Waals surface area contributed by atoms with Gasteiger partial charge in [-0.3, -0.25) is 19.7 Å². The summed E-state index contributed by atoms with van der Waals surface area (Å²) >= 11 is 0. The Balaban J connectivity index is 0.000000248. The van der Waals surface area contributed by atoms with Gasteiger partial charge in [-0.25, -0.2) is 0 Å². The number of hydrogen-bond acceptors (Lipinski definition) is 8. The van der Waals surface area contributed by atoms with E-state index in [2.05, 4.69) is 20.2 Å². The van der Waals surface area contributed by atoms with Gasteiger partial charge in [-0.1, -0.05) is 26.0 Å². The first-order valence-corrected chi connectivity index (χ1v) is 11.1. The number of pyridine rings is 1. The first-order chi connectivity index (χ1) is 16.3. The van der Waals surface area contributed by atoms with E-state index in [0.29, 0.717) is 23.9 Å². The van der Waals surface area contributed by atoms with Crippen molar-refractivity contribution in [1.29, 1.82) is 0 Å². The lowest BCUT2D eigenvalue weighted by Crippen LogP contribution is -2.39. The van der Waals surface area contributed by atoms with Gasteiger partial charge in [-0.2, -0.15) is 0 Å². The van der Waals surface area contributed by atoms with Crippen molar-refractivity contribution in [3.05, 3.63) is 78.1 Å². The van der Waals surface area contributed by atoms with Crippen LogP contribution in [0.2, 0.25) is 0 Å². The van der Waals surface area contributed by atoms with E-state index in [-0.39, 0.29) is 12.1 Å². The number of likely N-dealkylation sites (N-methyl/N-ethyl adjacent to an activating group) is 1. The van der Waals surface area contributed by atoms with Gasteiger partial charge in [0.25, 0.3) is 5.91 Å².